The lowest BCUT2D eigenvalue weighted by Crippen LogP contribution is -2.54. The average Bonchev–Trinajstić information content (AvgIpc) is 4.03. The molecule has 0 bridgehead atoms. The molecule has 4 fully saturated rings. The molecule has 3 aromatic rings. The third-order valence-corrected chi connectivity index (χ3v) is 16.1. The summed E-state index contributed by atoms with van der Waals surface area (Å²) >= 11 is 0. The monoisotopic (exact) mass is 870 g/mol. The Morgan fingerprint density at radius 3 is 1.36 bits per heavy atom. The van der Waals surface area contributed by atoms with Gasteiger partial charge in [-0.1, -0.05) is 87.4 Å². The maximum atomic E-state index is 15.1. The van der Waals surface area contributed by atoms with Crippen LogP contribution in [-0.4, -0.2) is 100 Å². The Morgan fingerprint density at radius 1 is 0.609 bits per heavy atom. The number of carbonyl (C=O) groups is 4. The highest BCUT2D eigenvalue weighted by molar-refractivity contribution is 6.10. The van der Waals surface area contributed by atoms with Gasteiger partial charge < -0.3 is 28.7 Å². The molecule has 0 N–H and O–H groups in total. The zero-order valence-corrected chi connectivity index (χ0v) is 38.1. The molecular formula is C52H62N4O8. The van der Waals surface area contributed by atoms with E-state index in [2.05, 4.69) is 72.2 Å². The Kier molecular flexibility index (Phi) is 12.0. The second kappa shape index (κ2) is 17.5. The molecule has 3 aromatic carbocycles. The van der Waals surface area contributed by atoms with Crippen molar-refractivity contribution < 1.29 is 38.1 Å². The van der Waals surface area contributed by atoms with Crippen LogP contribution < -0.4 is 9.80 Å². The minimum absolute atomic E-state index is 0.0772. The Labute approximate surface area is 377 Å². The largest absolute Gasteiger partial charge is 0.504 e. The van der Waals surface area contributed by atoms with Gasteiger partial charge >= 0.3 is 11.9 Å². The Hall–Kier alpha value is -5.46. The fraction of sp³-hybridized carbons (Fsp3) is 0.500. The molecule has 64 heavy (non-hydrogen) atoms. The quantitative estimate of drug-likeness (QED) is 0.108. The van der Waals surface area contributed by atoms with Crippen molar-refractivity contribution >= 4 is 35.1 Å². The van der Waals surface area contributed by atoms with Crippen LogP contribution in [0.1, 0.15) is 74.6 Å². The number of anilines is 2. The molecule has 8 atom stereocenters. The molecule has 12 heteroatoms. The standard InChI is InChI=1S/C52H62N4O8/c1-7-35-29-53-23-21-51(45(53)25-37(35)39(31-61-3)47(57)63-5)41-13-9-11-15-43(41)55(49(51)59)27-33-17-19-34(20-18-33)28-56-44-16-12-10-14-42(44)52(50(56)60)22-24-54-30-36(8-2)38(26-46(52)54)40(32-62-4)48(58)64-6/h9-20,31-32,35-38,45-46H,7-8,21-30H2,1-6H3/b39-31+,40-32+/t35-,36-,37-,38-,45-,46-,51+,52+/m0/s1. The minimum atomic E-state index is -0.728. The third kappa shape index (κ3) is 6.77. The summed E-state index contributed by atoms with van der Waals surface area (Å²) in [4.78, 5) is 65.3. The van der Waals surface area contributed by atoms with Crippen LogP contribution in [0.5, 0.6) is 0 Å². The average molecular weight is 871 g/mol. The normalized spacial score (nSPS) is 30.1. The highest BCUT2D eigenvalue weighted by Gasteiger charge is 2.63. The van der Waals surface area contributed by atoms with Crippen LogP contribution in [0, 0.1) is 23.7 Å². The molecule has 338 valence electrons. The van der Waals surface area contributed by atoms with E-state index >= 15 is 9.59 Å². The lowest BCUT2D eigenvalue weighted by Gasteiger charge is -2.45. The van der Waals surface area contributed by atoms with Gasteiger partial charge in [-0.25, -0.2) is 9.59 Å². The predicted molar refractivity (Wildman–Crippen MR) is 243 cm³/mol. The number of para-hydroxylation sites is 2. The number of fused-ring (bicyclic) bond motifs is 8. The number of piperidine rings is 2. The van der Waals surface area contributed by atoms with E-state index in [1.54, 1.807) is 14.2 Å². The molecule has 9 rings (SSSR count). The van der Waals surface area contributed by atoms with Gasteiger partial charge in [0.15, 0.2) is 0 Å². The van der Waals surface area contributed by atoms with Crippen LogP contribution in [0.15, 0.2) is 96.5 Å². The van der Waals surface area contributed by atoms with E-state index in [-0.39, 0.29) is 59.5 Å². The van der Waals surface area contributed by atoms with Gasteiger partial charge in [0, 0.05) is 36.5 Å². The van der Waals surface area contributed by atoms with Gasteiger partial charge in [0.1, 0.15) is 0 Å². The first-order chi connectivity index (χ1) is 31.1. The molecule has 0 aromatic heterocycles. The van der Waals surface area contributed by atoms with Crippen LogP contribution in [0.3, 0.4) is 0 Å². The Balaban J connectivity index is 0.957. The number of hydrogen-bond acceptors (Lipinski definition) is 10. The smallest absolute Gasteiger partial charge is 0.337 e. The molecule has 6 aliphatic heterocycles. The first kappa shape index (κ1) is 43.8. The van der Waals surface area contributed by atoms with Gasteiger partial charge in [-0.05, 0) is 96.8 Å². The van der Waals surface area contributed by atoms with Gasteiger partial charge in [0.25, 0.3) is 0 Å². The van der Waals surface area contributed by atoms with Gasteiger partial charge in [0.05, 0.1) is 76.0 Å². The third-order valence-electron chi connectivity index (χ3n) is 16.1. The van der Waals surface area contributed by atoms with Crippen LogP contribution in [0.25, 0.3) is 0 Å². The van der Waals surface area contributed by atoms with Crippen molar-refractivity contribution in [1.82, 2.24) is 9.80 Å². The molecular weight excluding hydrogens is 809 g/mol. The van der Waals surface area contributed by atoms with Crippen molar-refractivity contribution in [3.8, 4) is 0 Å². The van der Waals surface area contributed by atoms with Crippen LogP contribution in [-0.2, 0) is 62.0 Å². The van der Waals surface area contributed by atoms with E-state index in [1.165, 1.54) is 26.7 Å². The Morgan fingerprint density at radius 2 is 1.00 bits per heavy atom. The summed E-state index contributed by atoms with van der Waals surface area (Å²) < 4.78 is 21.3. The van der Waals surface area contributed by atoms with Gasteiger partial charge in [-0.3, -0.25) is 19.4 Å². The summed E-state index contributed by atoms with van der Waals surface area (Å²) in [7, 11) is 5.93. The van der Waals surface area contributed by atoms with E-state index in [9.17, 15) is 9.59 Å². The van der Waals surface area contributed by atoms with E-state index in [0.29, 0.717) is 37.1 Å². The molecule has 0 aliphatic carbocycles. The van der Waals surface area contributed by atoms with Crippen molar-refractivity contribution in [2.75, 3.05) is 64.4 Å². The van der Waals surface area contributed by atoms with Crippen molar-refractivity contribution in [1.29, 1.82) is 0 Å². The van der Waals surface area contributed by atoms with Gasteiger partial charge in [-0.2, -0.15) is 0 Å². The lowest BCUT2D eigenvalue weighted by molar-refractivity contribution is -0.138. The second-order valence-electron chi connectivity index (χ2n) is 18.7. The highest BCUT2D eigenvalue weighted by Crippen LogP contribution is 2.57. The second-order valence-corrected chi connectivity index (χ2v) is 18.7. The van der Waals surface area contributed by atoms with Crippen molar-refractivity contribution in [2.24, 2.45) is 23.7 Å². The number of ether oxygens (including phenoxy) is 4. The molecule has 6 heterocycles. The SMILES string of the molecule is CC[C@H]1CN2CC[C@]3(C(=O)N(Cc4ccc(CN5C(=O)[C@]6(CCN7C[C@H](CC)[C@@H](/C(=C\OC)C(=O)OC)C[C@H]76)c6ccccc65)cc4)c4ccccc43)[C@@H]2C[C@@H]1/C(=C\OC)C(=O)OC. The van der Waals surface area contributed by atoms with Gasteiger partial charge in [0.2, 0.25) is 11.8 Å². The summed E-state index contributed by atoms with van der Waals surface area (Å²) in [6.45, 7) is 8.39. The number of hydrogen-bond donors (Lipinski definition) is 0. The molecule has 0 radical (unpaired) electrons. The summed E-state index contributed by atoms with van der Waals surface area (Å²) in [6.07, 6.45) is 7.62. The van der Waals surface area contributed by atoms with E-state index in [0.717, 1.165) is 85.5 Å². The van der Waals surface area contributed by atoms with Crippen molar-refractivity contribution in [3.63, 3.8) is 0 Å². The fourth-order valence-electron chi connectivity index (χ4n) is 13.1. The van der Waals surface area contributed by atoms with Gasteiger partial charge in [-0.15, -0.1) is 0 Å². The lowest BCUT2D eigenvalue weighted by atomic mass is 9.67. The molecule has 6 aliphatic rings. The summed E-state index contributed by atoms with van der Waals surface area (Å²) in [6, 6.07) is 24.7. The number of carbonyl (C=O) groups excluding carboxylic acids is 4. The Bertz CT molecular complexity index is 2200. The highest BCUT2D eigenvalue weighted by atomic mass is 16.5. The summed E-state index contributed by atoms with van der Waals surface area (Å²) in [5.74, 6) is -0.289. The number of methoxy groups -OCH3 is 4. The molecule has 2 amide bonds. The summed E-state index contributed by atoms with van der Waals surface area (Å²) in [5.41, 5.74) is 5.61. The van der Waals surface area contributed by atoms with Crippen LogP contribution in [0.2, 0.25) is 0 Å². The molecule has 2 spiro atoms. The van der Waals surface area contributed by atoms with Crippen molar-refractivity contribution in [2.45, 2.75) is 88.4 Å². The zero-order chi connectivity index (χ0) is 44.9. The van der Waals surface area contributed by atoms with Crippen molar-refractivity contribution in [3.05, 3.63) is 119 Å². The van der Waals surface area contributed by atoms with E-state index < -0.39 is 10.8 Å². The van der Waals surface area contributed by atoms with Crippen LogP contribution >= 0.6 is 0 Å². The predicted octanol–water partition coefficient (Wildman–Crippen LogP) is 6.90. The molecule has 12 nitrogen and oxygen atoms in total. The summed E-state index contributed by atoms with van der Waals surface area (Å²) in [5, 5.41) is 0. The fourth-order valence-corrected chi connectivity index (χ4v) is 13.1. The number of rotatable bonds is 12. The first-order valence-electron chi connectivity index (χ1n) is 23.1. The van der Waals surface area contributed by atoms with E-state index in [1.807, 2.05) is 34.1 Å². The van der Waals surface area contributed by atoms with E-state index in [4.69, 9.17) is 18.9 Å². The minimum Gasteiger partial charge on any atom is -0.504 e. The zero-order valence-electron chi connectivity index (χ0n) is 38.1. The number of benzene rings is 3. The topological polar surface area (TPSA) is 118 Å². The number of esters is 2. The number of amides is 2. The van der Waals surface area contributed by atoms with Crippen LogP contribution in [0.4, 0.5) is 11.4 Å². The number of nitrogens with zero attached hydrogens (tertiary/aromatic N) is 4. The molecule has 0 saturated carbocycles. The maximum Gasteiger partial charge on any atom is 0.337 e. The molecule has 0 unspecified atom stereocenters. The maximum absolute atomic E-state index is 15.1. The first-order valence-corrected chi connectivity index (χ1v) is 23.1. The molecule has 4 saturated heterocycles.